The number of sulfonamides is 1. The van der Waals surface area contributed by atoms with Crippen molar-refractivity contribution < 1.29 is 23.1 Å². The summed E-state index contributed by atoms with van der Waals surface area (Å²) >= 11 is 0. The first-order valence-corrected chi connectivity index (χ1v) is 7.85. The third-order valence-corrected chi connectivity index (χ3v) is 5.21. The molecule has 0 bridgehead atoms. The molecule has 1 fully saturated rings. The summed E-state index contributed by atoms with van der Waals surface area (Å²) in [6.45, 7) is 4.17. The molecule has 1 heterocycles. The number of rotatable bonds is 7. The predicted molar refractivity (Wildman–Crippen MR) is 66.8 cm³/mol. The molecule has 0 aromatic carbocycles. The summed E-state index contributed by atoms with van der Waals surface area (Å²) in [5, 5.41) is 9.07. The highest BCUT2D eigenvalue weighted by molar-refractivity contribution is 7.89. The average molecular weight is 279 g/mol. The number of ether oxygens (including phenoxy) is 1. The average Bonchev–Trinajstić information content (AvgIpc) is 2.76. The van der Waals surface area contributed by atoms with Gasteiger partial charge in [-0.3, -0.25) is 4.79 Å². The fraction of sp³-hybridized carbons (Fsp3) is 0.909. The summed E-state index contributed by atoms with van der Waals surface area (Å²) in [4.78, 5) is 11.1. The number of hydrogen-bond donors (Lipinski definition) is 1. The van der Waals surface area contributed by atoms with Crippen LogP contribution in [0.25, 0.3) is 0 Å². The summed E-state index contributed by atoms with van der Waals surface area (Å²) in [6, 6.07) is -0.575. The van der Waals surface area contributed by atoms with Crippen molar-refractivity contribution in [1.29, 1.82) is 0 Å². The van der Waals surface area contributed by atoms with Gasteiger partial charge in [0.2, 0.25) is 10.0 Å². The minimum atomic E-state index is -3.39. The molecular formula is C11H21NO5S. The van der Waals surface area contributed by atoms with E-state index in [1.165, 1.54) is 4.31 Å². The van der Waals surface area contributed by atoms with Crippen molar-refractivity contribution in [1.82, 2.24) is 4.31 Å². The zero-order valence-electron chi connectivity index (χ0n) is 10.8. The van der Waals surface area contributed by atoms with E-state index >= 15 is 0 Å². The van der Waals surface area contributed by atoms with Gasteiger partial charge < -0.3 is 9.84 Å². The number of hydrogen-bond acceptors (Lipinski definition) is 4. The molecule has 0 amide bonds. The second kappa shape index (κ2) is 6.49. The lowest BCUT2D eigenvalue weighted by atomic mass is 10.0. The molecule has 18 heavy (non-hydrogen) atoms. The SMILES string of the molecule is CCCCS(=O)(=O)N(CC)C1COCC1C(=O)O. The van der Waals surface area contributed by atoms with Gasteiger partial charge in [-0.25, -0.2) is 8.42 Å². The smallest absolute Gasteiger partial charge is 0.310 e. The van der Waals surface area contributed by atoms with E-state index in [9.17, 15) is 13.2 Å². The summed E-state index contributed by atoms with van der Waals surface area (Å²) in [5.41, 5.74) is 0. The second-order valence-electron chi connectivity index (χ2n) is 4.42. The van der Waals surface area contributed by atoms with E-state index in [4.69, 9.17) is 9.84 Å². The van der Waals surface area contributed by atoms with E-state index < -0.39 is 28.0 Å². The number of carbonyl (C=O) groups is 1. The van der Waals surface area contributed by atoms with Gasteiger partial charge in [0.15, 0.2) is 0 Å². The van der Waals surface area contributed by atoms with Crippen molar-refractivity contribution >= 4 is 16.0 Å². The van der Waals surface area contributed by atoms with Crippen molar-refractivity contribution in [3.8, 4) is 0 Å². The molecule has 1 N–H and O–H groups in total. The highest BCUT2D eigenvalue weighted by Gasteiger charge is 2.41. The molecule has 1 aliphatic rings. The zero-order chi connectivity index (χ0) is 13.8. The molecule has 7 heteroatoms. The minimum absolute atomic E-state index is 0.0696. The van der Waals surface area contributed by atoms with Crippen LogP contribution >= 0.6 is 0 Å². The molecule has 2 unspecified atom stereocenters. The van der Waals surface area contributed by atoms with Gasteiger partial charge in [0.05, 0.1) is 30.9 Å². The monoisotopic (exact) mass is 279 g/mol. The Bertz CT molecular complexity index is 381. The minimum Gasteiger partial charge on any atom is -0.481 e. The Labute approximate surface area is 108 Å². The first kappa shape index (κ1) is 15.4. The Morgan fingerprint density at radius 3 is 2.56 bits per heavy atom. The maximum absolute atomic E-state index is 12.2. The molecule has 0 saturated carbocycles. The van der Waals surface area contributed by atoms with Gasteiger partial charge in [-0.15, -0.1) is 0 Å². The highest BCUT2D eigenvalue weighted by atomic mass is 32.2. The van der Waals surface area contributed by atoms with Crippen LogP contribution in [-0.4, -0.2) is 55.4 Å². The first-order chi connectivity index (χ1) is 8.44. The Morgan fingerprint density at radius 2 is 2.06 bits per heavy atom. The third kappa shape index (κ3) is 3.43. The first-order valence-electron chi connectivity index (χ1n) is 6.24. The van der Waals surface area contributed by atoms with Crippen LogP contribution in [0.2, 0.25) is 0 Å². The fourth-order valence-corrected chi connectivity index (χ4v) is 4.05. The number of unbranched alkanes of at least 4 members (excludes halogenated alkanes) is 1. The van der Waals surface area contributed by atoms with Gasteiger partial charge >= 0.3 is 5.97 Å². The highest BCUT2D eigenvalue weighted by Crippen LogP contribution is 2.23. The Morgan fingerprint density at radius 1 is 1.39 bits per heavy atom. The van der Waals surface area contributed by atoms with Crippen LogP contribution in [0, 0.1) is 5.92 Å². The maximum atomic E-state index is 12.2. The fourth-order valence-electron chi connectivity index (χ4n) is 2.14. The molecule has 1 saturated heterocycles. The standard InChI is InChI=1S/C11H21NO5S/c1-3-5-6-18(15,16)12(4-2)10-8-17-7-9(10)11(13)14/h9-10H,3-8H2,1-2H3,(H,13,14). The van der Waals surface area contributed by atoms with E-state index in [1.807, 2.05) is 6.92 Å². The molecule has 0 radical (unpaired) electrons. The summed E-state index contributed by atoms with van der Waals surface area (Å²) in [6.07, 6.45) is 1.38. The van der Waals surface area contributed by atoms with Gasteiger partial charge in [-0.2, -0.15) is 4.31 Å². The van der Waals surface area contributed by atoms with E-state index in [-0.39, 0.29) is 25.5 Å². The van der Waals surface area contributed by atoms with E-state index in [2.05, 4.69) is 0 Å². The van der Waals surface area contributed by atoms with E-state index in [0.717, 1.165) is 6.42 Å². The van der Waals surface area contributed by atoms with Crippen LogP contribution < -0.4 is 0 Å². The number of aliphatic carboxylic acids is 1. The predicted octanol–water partition coefficient (Wildman–Crippen LogP) is 0.538. The zero-order valence-corrected chi connectivity index (χ0v) is 11.6. The molecule has 2 atom stereocenters. The molecule has 6 nitrogen and oxygen atoms in total. The van der Waals surface area contributed by atoms with Crippen LogP contribution in [0.5, 0.6) is 0 Å². The molecule has 1 aliphatic heterocycles. The van der Waals surface area contributed by atoms with Gasteiger partial charge in [0.25, 0.3) is 0 Å². The molecule has 106 valence electrons. The lowest BCUT2D eigenvalue weighted by molar-refractivity contribution is -0.142. The van der Waals surface area contributed by atoms with Crippen LogP contribution in [0.3, 0.4) is 0 Å². The Hall–Kier alpha value is -0.660. The van der Waals surface area contributed by atoms with Gasteiger partial charge in [-0.1, -0.05) is 20.3 Å². The van der Waals surface area contributed by atoms with Crippen molar-refractivity contribution in [2.24, 2.45) is 5.92 Å². The number of nitrogens with zero attached hydrogens (tertiary/aromatic N) is 1. The molecule has 1 rings (SSSR count). The van der Waals surface area contributed by atoms with Gasteiger partial charge in [0.1, 0.15) is 0 Å². The van der Waals surface area contributed by atoms with Gasteiger partial charge in [0, 0.05) is 6.54 Å². The quantitative estimate of drug-likeness (QED) is 0.735. The number of carboxylic acid groups (broad SMARTS) is 1. The summed E-state index contributed by atoms with van der Waals surface area (Å²) in [5.74, 6) is -1.69. The second-order valence-corrected chi connectivity index (χ2v) is 6.46. The van der Waals surface area contributed by atoms with Gasteiger partial charge in [-0.05, 0) is 6.42 Å². The van der Waals surface area contributed by atoms with Crippen molar-refractivity contribution in [2.75, 3.05) is 25.5 Å². The lowest BCUT2D eigenvalue weighted by Crippen LogP contribution is -2.47. The summed E-state index contributed by atoms with van der Waals surface area (Å²) < 4.78 is 30.7. The van der Waals surface area contributed by atoms with Crippen LogP contribution in [0.1, 0.15) is 26.7 Å². The normalized spacial score (nSPS) is 24.6. The Balaban J connectivity index is 2.85. The van der Waals surface area contributed by atoms with E-state index in [1.54, 1.807) is 6.92 Å². The molecule has 0 aromatic rings. The topological polar surface area (TPSA) is 83.9 Å². The number of likely N-dealkylation sites (N-methyl/N-ethyl adjacent to an activating group) is 1. The molecule has 0 aromatic heterocycles. The lowest BCUT2D eigenvalue weighted by Gasteiger charge is -2.28. The van der Waals surface area contributed by atoms with Crippen LogP contribution in [0.15, 0.2) is 0 Å². The molecule has 0 aliphatic carbocycles. The Kier molecular flexibility index (Phi) is 5.55. The van der Waals surface area contributed by atoms with Crippen molar-refractivity contribution in [3.63, 3.8) is 0 Å². The maximum Gasteiger partial charge on any atom is 0.310 e. The van der Waals surface area contributed by atoms with Crippen LogP contribution in [-0.2, 0) is 19.6 Å². The largest absolute Gasteiger partial charge is 0.481 e. The number of carboxylic acids is 1. The molecule has 0 spiro atoms. The van der Waals surface area contributed by atoms with Crippen molar-refractivity contribution in [2.45, 2.75) is 32.7 Å². The molecular weight excluding hydrogens is 258 g/mol. The van der Waals surface area contributed by atoms with E-state index in [0.29, 0.717) is 6.42 Å². The third-order valence-electron chi connectivity index (χ3n) is 3.16. The summed E-state index contributed by atoms with van der Waals surface area (Å²) in [7, 11) is -3.39. The van der Waals surface area contributed by atoms with Crippen LogP contribution in [0.4, 0.5) is 0 Å². The van der Waals surface area contributed by atoms with Crippen molar-refractivity contribution in [3.05, 3.63) is 0 Å².